The second-order valence-electron chi connectivity index (χ2n) is 12.1. The van der Waals surface area contributed by atoms with Crippen molar-refractivity contribution >= 4 is 20.3 Å². The lowest BCUT2D eigenvalue weighted by molar-refractivity contribution is -0.161. The Morgan fingerprint density at radius 2 is 1.90 bits per heavy atom. The molecule has 4 saturated carbocycles. The summed E-state index contributed by atoms with van der Waals surface area (Å²) in [6.07, 6.45) is 6.75. The Morgan fingerprint density at radius 3 is 2.55 bits per heavy atom. The number of hydrogen-bond donors (Lipinski definition) is 0. The fourth-order valence-electron chi connectivity index (χ4n) is 9.03. The molecule has 0 N–H and O–H groups in total. The summed E-state index contributed by atoms with van der Waals surface area (Å²) >= 11 is 0. The summed E-state index contributed by atoms with van der Waals surface area (Å²) in [7, 11) is -0.241. The van der Waals surface area contributed by atoms with Crippen LogP contribution in [0.25, 0.3) is 0 Å². The van der Waals surface area contributed by atoms with Gasteiger partial charge in [-0.1, -0.05) is 0 Å². The van der Waals surface area contributed by atoms with Crippen LogP contribution in [0.5, 0.6) is 0 Å². The zero-order valence-electron chi connectivity index (χ0n) is 18.8. The van der Waals surface area contributed by atoms with E-state index in [9.17, 15) is 9.59 Å². The van der Waals surface area contributed by atoms with E-state index in [2.05, 4.69) is 33.5 Å². The van der Waals surface area contributed by atoms with Crippen LogP contribution in [0.1, 0.15) is 58.8 Å². The van der Waals surface area contributed by atoms with Gasteiger partial charge < -0.3 is 13.9 Å². The van der Waals surface area contributed by atoms with Gasteiger partial charge >= 0.3 is 11.9 Å². The summed E-state index contributed by atoms with van der Waals surface area (Å²) in [5.74, 6) is 0.191. The third-order valence-electron chi connectivity index (χ3n) is 9.43. The predicted octanol–water partition coefficient (Wildman–Crippen LogP) is 4.31. The van der Waals surface area contributed by atoms with Gasteiger partial charge in [0.25, 0.3) is 0 Å². The van der Waals surface area contributed by atoms with Crippen molar-refractivity contribution in [3.8, 4) is 0 Å². The smallest absolute Gasteiger partial charge is 0.312 e. The molecule has 5 nitrogen and oxygen atoms in total. The minimum absolute atomic E-state index is 0.0540. The van der Waals surface area contributed by atoms with Crippen LogP contribution in [0.4, 0.5) is 0 Å². The van der Waals surface area contributed by atoms with Crippen LogP contribution in [0, 0.1) is 34.5 Å². The van der Waals surface area contributed by atoms with E-state index in [0.717, 1.165) is 44.9 Å². The van der Waals surface area contributed by atoms with Crippen molar-refractivity contribution in [2.45, 2.75) is 89.6 Å². The maximum Gasteiger partial charge on any atom is 0.312 e. The van der Waals surface area contributed by atoms with E-state index in [0.29, 0.717) is 5.92 Å². The number of hydrogen-bond acceptors (Lipinski definition) is 5. The lowest BCUT2D eigenvalue weighted by Gasteiger charge is -2.43. The SMILES string of the molecule is COC(=O)[C@H]1C2C3(C)CCC[C@@]2(OC3=O)C2CC[C@@H]3C[C@@]21C[C@@]3(C)O[Si](C)(C)C. The zero-order chi connectivity index (χ0) is 21.0. The Kier molecular flexibility index (Phi) is 3.92. The lowest BCUT2D eigenvalue weighted by Crippen LogP contribution is -2.47. The topological polar surface area (TPSA) is 61.8 Å². The lowest BCUT2D eigenvalue weighted by atomic mass is 9.60. The summed E-state index contributed by atoms with van der Waals surface area (Å²) in [4.78, 5) is 26.4. The number of carbonyl (C=O) groups excluding carboxylic acids is 2. The predicted molar refractivity (Wildman–Crippen MR) is 110 cm³/mol. The van der Waals surface area contributed by atoms with Gasteiger partial charge in [0, 0.05) is 11.8 Å². The highest BCUT2D eigenvalue weighted by Crippen LogP contribution is 2.78. The van der Waals surface area contributed by atoms with Gasteiger partial charge in [0.1, 0.15) is 5.60 Å². The average molecular weight is 421 g/mol. The highest BCUT2D eigenvalue weighted by Gasteiger charge is 2.83. The molecule has 0 aromatic rings. The van der Waals surface area contributed by atoms with Crippen LogP contribution in [0.3, 0.4) is 0 Å². The van der Waals surface area contributed by atoms with Gasteiger partial charge in [0.15, 0.2) is 8.32 Å². The van der Waals surface area contributed by atoms with E-state index in [4.69, 9.17) is 13.9 Å². The maximum absolute atomic E-state index is 13.3. The first-order valence-electron chi connectivity index (χ1n) is 11.4. The molecule has 1 aliphatic heterocycles. The number of esters is 2. The molecular weight excluding hydrogens is 384 g/mol. The second kappa shape index (κ2) is 5.67. The van der Waals surface area contributed by atoms with E-state index in [-0.39, 0.29) is 40.7 Å². The normalized spacial score (nSPS) is 52.7. The van der Waals surface area contributed by atoms with Crippen molar-refractivity contribution in [1.82, 2.24) is 0 Å². The van der Waals surface area contributed by atoms with Gasteiger partial charge in [-0.2, -0.15) is 0 Å². The summed E-state index contributed by atoms with van der Waals surface area (Å²) in [5.41, 5.74) is -1.39. The number of fused-ring (bicyclic) bond motifs is 1. The second-order valence-corrected chi connectivity index (χ2v) is 16.5. The van der Waals surface area contributed by atoms with Crippen molar-refractivity contribution < 1.29 is 23.5 Å². The van der Waals surface area contributed by atoms with Gasteiger partial charge in [-0.15, -0.1) is 0 Å². The molecule has 162 valence electrons. The van der Waals surface area contributed by atoms with Gasteiger partial charge in [-0.3, -0.25) is 9.59 Å². The molecule has 0 amide bonds. The summed E-state index contributed by atoms with van der Waals surface area (Å²) in [6.45, 7) is 11.1. The van der Waals surface area contributed by atoms with E-state index in [1.165, 1.54) is 7.11 Å². The van der Waals surface area contributed by atoms with E-state index in [1.807, 2.05) is 0 Å². The molecule has 5 rings (SSSR count). The van der Waals surface area contributed by atoms with Crippen LogP contribution >= 0.6 is 0 Å². The minimum Gasteiger partial charge on any atom is -0.469 e. The first kappa shape index (κ1) is 20.0. The van der Waals surface area contributed by atoms with Crippen molar-refractivity contribution in [3.05, 3.63) is 0 Å². The fraction of sp³-hybridized carbons (Fsp3) is 0.913. The number of methoxy groups -OCH3 is 1. The molecule has 8 atom stereocenters. The monoisotopic (exact) mass is 420 g/mol. The Labute approximate surface area is 175 Å². The van der Waals surface area contributed by atoms with E-state index in [1.54, 1.807) is 0 Å². The Morgan fingerprint density at radius 1 is 1.17 bits per heavy atom. The third-order valence-corrected chi connectivity index (χ3v) is 10.5. The van der Waals surface area contributed by atoms with Crippen molar-refractivity contribution in [2.24, 2.45) is 34.5 Å². The molecule has 3 unspecified atom stereocenters. The van der Waals surface area contributed by atoms with Crippen LogP contribution in [-0.4, -0.2) is 38.6 Å². The summed E-state index contributed by atoms with van der Waals surface area (Å²) in [5, 5.41) is 0. The quantitative estimate of drug-likeness (QED) is 0.503. The molecule has 6 heteroatoms. The molecule has 5 aliphatic rings. The number of rotatable bonds is 3. The zero-order valence-corrected chi connectivity index (χ0v) is 19.8. The average Bonchev–Trinajstić information content (AvgIpc) is 3.02. The van der Waals surface area contributed by atoms with Gasteiger partial charge in [-0.05, 0) is 89.8 Å². The van der Waals surface area contributed by atoms with E-state index >= 15 is 0 Å². The summed E-state index contributed by atoms with van der Waals surface area (Å²) in [6, 6.07) is 0. The first-order valence-corrected chi connectivity index (χ1v) is 14.8. The van der Waals surface area contributed by atoms with Crippen LogP contribution < -0.4 is 0 Å². The Hall–Kier alpha value is -0.883. The highest BCUT2D eigenvalue weighted by molar-refractivity contribution is 6.69. The molecule has 1 spiro atoms. The third kappa shape index (κ3) is 2.31. The Bertz CT molecular complexity index is 776. The number of ether oxygens (including phenoxy) is 2. The molecule has 0 aromatic carbocycles. The molecule has 5 fully saturated rings. The molecule has 1 saturated heterocycles. The standard InChI is InChI=1S/C23H36O5Si/c1-20-10-7-11-23(27-19(20)25)15-9-8-14-12-22(15,16(17(20)23)18(24)26-3)13-21(14,2)28-29(4,5)6/h14-17H,7-13H2,1-6H3/t14-,15?,16-,17?,20?,21-,22-,23-/m1/s1. The largest absolute Gasteiger partial charge is 0.469 e. The molecule has 4 bridgehead atoms. The fourth-order valence-corrected chi connectivity index (χ4v) is 10.7. The first-order chi connectivity index (χ1) is 13.4. The van der Waals surface area contributed by atoms with Gasteiger partial charge in [0.05, 0.1) is 24.0 Å². The van der Waals surface area contributed by atoms with Crippen molar-refractivity contribution in [1.29, 1.82) is 0 Å². The van der Waals surface area contributed by atoms with Crippen molar-refractivity contribution in [3.63, 3.8) is 0 Å². The molecule has 4 aliphatic carbocycles. The Balaban J connectivity index is 1.66. The molecule has 0 aromatic heterocycles. The molecular formula is C23H36O5Si. The van der Waals surface area contributed by atoms with Crippen LogP contribution in [0.2, 0.25) is 19.6 Å². The van der Waals surface area contributed by atoms with Gasteiger partial charge in [0.2, 0.25) is 0 Å². The summed E-state index contributed by atoms with van der Waals surface area (Å²) < 4.78 is 18.6. The van der Waals surface area contributed by atoms with E-state index < -0.39 is 19.3 Å². The maximum atomic E-state index is 13.3. The molecule has 29 heavy (non-hydrogen) atoms. The minimum atomic E-state index is -1.74. The molecule has 1 heterocycles. The molecule has 0 radical (unpaired) electrons. The number of carbonyl (C=O) groups is 2. The van der Waals surface area contributed by atoms with Crippen LogP contribution in [0.15, 0.2) is 0 Å². The van der Waals surface area contributed by atoms with Gasteiger partial charge in [-0.25, -0.2) is 0 Å². The highest BCUT2D eigenvalue weighted by atomic mass is 28.4. The van der Waals surface area contributed by atoms with Crippen LogP contribution in [-0.2, 0) is 23.5 Å². The van der Waals surface area contributed by atoms with Crippen molar-refractivity contribution in [2.75, 3.05) is 7.11 Å².